The Morgan fingerprint density at radius 3 is 2.85 bits per heavy atom. The van der Waals surface area contributed by atoms with Crippen molar-refractivity contribution in [1.82, 2.24) is 4.98 Å². The summed E-state index contributed by atoms with van der Waals surface area (Å²) in [5.74, 6) is -0.377. The van der Waals surface area contributed by atoms with E-state index in [1.807, 2.05) is 13.0 Å². The molecule has 0 fully saturated rings. The Morgan fingerprint density at radius 2 is 2.30 bits per heavy atom. The van der Waals surface area contributed by atoms with Gasteiger partial charge in [0, 0.05) is 0 Å². The van der Waals surface area contributed by atoms with Gasteiger partial charge in [0.1, 0.15) is 0 Å². The molecule has 0 saturated heterocycles. The van der Waals surface area contributed by atoms with E-state index in [0.717, 1.165) is 10.1 Å². The molecule has 0 spiro atoms. The number of aryl methyl sites for hydroxylation is 1. The van der Waals surface area contributed by atoms with Gasteiger partial charge in [-0.25, -0.2) is 0 Å². The van der Waals surface area contributed by atoms with Crippen molar-refractivity contribution in [3.05, 3.63) is 39.7 Å². The van der Waals surface area contributed by atoms with Crippen molar-refractivity contribution in [1.29, 1.82) is 0 Å². The molecule has 1 N–H and O–H groups in total. The van der Waals surface area contributed by atoms with Gasteiger partial charge in [-0.3, -0.25) is 0 Å². The number of carboxylic acid groups (broad SMARTS) is 1. The summed E-state index contributed by atoms with van der Waals surface area (Å²) in [6.07, 6.45) is 0. The standard InChI is InChI=1S/C14H12N2O3Se/c1-4-19-11-6-5-9(7-10(11)15-3)13-16-8(2)12(20-13)14(17)18/h5-7H,4H2,1-2H3,(H,17,18). The van der Waals surface area contributed by atoms with E-state index in [4.69, 9.17) is 16.4 Å². The Morgan fingerprint density at radius 1 is 1.55 bits per heavy atom. The van der Waals surface area contributed by atoms with E-state index >= 15 is 0 Å². The first-order valence-electron chi connectivity index (χ1n) is 5.92. The first-order chi connectivity index (χ1) is 9.56. The molecular weight excluding hydrogens is 323 g/mol. The van der Waals surface area contributed by atoms with Gasteiger partial charge in [0.25, 0.3) is 0 Å². The Hall–Kier alpha value is -2.09. The van der Waals surface area contributed by atoms with E-state index in [2.05, 4.69) is 9.83 Å². The molecule has 102 valence electrons. The third-order valence-electron chi connectivity index (χ3n) is 2.62. The summed E-state index contributed by atoms with van der Waals surface area (Å²) >= 11 is -0.331. The molecule has 2 aromatic rings. The SMILES string of the molecule is [C-]#[N+]c1cc(-c2nc(C)c(C(=O)O)[se]2)ccc1OCC. The number of benzene rings is 1. The zero-order valence-electron chi connectivity index (χ0n) is 11.0. The van der Waals surface area contributed by atoms with Crippen LogP contribution in [0.25, 0.3) is 15.0 Å². The minimum atomic E-state index is -0.919. The van der Waals surface area contributed by atoms with Crippen LogP contribution in [-0.4, -0.2) is 37.2 Å². The normalized spacial score (nSPS) is 10.1. The van der Waals surface area contributed by atoms with Crippen molar-refractivity contribution in [2.24, 2.45) is 0 Å². The minimum absolute atomic E-state index is 0.331. The number of ether oxygens (including phenoxy) is 1. The van der Waals surface area contributed by atoms with Crippen molar-refractivity contribution < 1.29 is 14.6 Å². The summed E-state index contributed by atoms with van der Waals surface area (Å²) in [5, 5.41) is 9.08. The van der Waals surface area contributed by atoms with Crippen LogP contribution in [0.2, 0.25) is 0 Å². The van der Waals surface area contributed by atoms with Crippen LogP contribution in [0.3, 0.4) is 0 Å². The average Bonchev–Trinajstić information content (AvgIpc) is 2.82. The van der Waals surface area contributed by atoms with Crippen LogP contribution in [-0.2, 0) is 0 Å². The molecule has 1 heterocycles. The van der Waals surface area contributed by atoms with Crippen LogP contribution in [0.4, 0.5) is 5.69 Å². The number of aromatic nitrogens is 1. The number of rotatable bonds is 4. The number of hydrogen-bond acceptors (Lipinski definition) is 3. The second-order valence-corrected chi connectivity index (χ2v) is 6.06. The van der Waals surface area contributed by atoms with E-state index in [1.54, 1.807) is 19.1 Å². The van der Waals surface area contributed by atoms with Crippen molar-refractivity contribution >= 4 is 26.2 Å². The first kappa shape index (κ1) is 14.3. The quantitative estimate of drug-likeness (QED) is 0.689. The van der Waals surface area contributed by atoms with Gasteiger partial charge in [0.05, 0.1) is 0 Å². The molecule has 0 aliphatic carbocycles. The molecule has 0 atom stereocenters. The second-order valence-electron chi connectivity index (χ2n) is 3.97. The van der Waals surface area contributed by atoms with Crippen LogP contribution in [0.5, 0.6) is 5.75 Å². The van der Waals surface area contributed by atoms with E-state index in [-0.39, 0.29) is 14.5 Å². The number of carboxylic acids is 1. The van der Waals surface area contributed by atoms with Gasteiger partial charge in [-0.2, -0.15) is 0 Å². The summed E-state index contributed by atoms with van der Waals surface area (Å²) < 4.78 is 6.48. The van der Waals surface area contributed by atoms with Crippen molar-refractivity contribution in [3.63, 3.8) is 0 Å². The number of carbonyl (C=O) groups is 1. The maximum atomic E-state index is 11.1. The molecule has 0 aliphatic rings. The molecular formula is C14H12N2O3Se. The Balaban J connectivity index is 2.46. The molecule has 1 aromatic carbocycles. The fourth-order valence-electron chi connectivity index (χ4n) is 1.73. The van der Waals surface area contributed by atoms with Crippen LogP contribution in [0.15, 0.2) is 18.2 Å². The topological polar surface area (TPSA) is 63.8 Å². The predicted octanol–water partition coefficient (Wildman–Crippen LogP) is 2.76. The van der Waals surface area contributed by atoms with Crippen LogP contribution < -0.4 is 4.74 Å². The van der Waals surface area contributed by atoms with Crippen LogP contribution >= 0.6 is 0 Å². The summed E-state index contributed by atoms with van der Waals surface area (Å²) in [6.45, 7) is 11.2. The van der Waals surface area contributed by atoms with E-state index in [1.165, 1.54) is 0 Å². The third kappa shape index (κ3) is 2.74. The molecule has 0 radical (unpaired) electrons. The Kier molecular flexibility index (Phi) is 4.23. The monoisotopic (exact) mass is 336 g/mol. The number of nitrogens with zero attached hydrogens (tertiary/aromatic N) is 2. The van der Waals surface area contributed by atoms with Gasteiger partial charge < -0.3 is 0 Å². The Labute approximate surface area is 122 Å². The summed E-state index contributed by atoms with van der Waals surface area (Å²) in [7, 11) is 0. The average molecular weight is 335 g/mol. The predicted molar refractivity (Wildman–Crippen MR) is 75.7 cm³/mol. The molecule has 6 heteroatoms. The van der Waals surface area contributed by atoms with Crippen molar-refractivity contribution in [3.8, 4) is 15.9 Å². The van der Waals surface area contributed by atoms with Crippen molar-refractivity contribution in [2.75, 3.05) is 6.61 Å². The van der Waals surface area contributed by atoms with Gasteiger partial charge >= 0.3 is 122 Å². The fourth-order valence-corrected chi connectivity index (χ4v) is 3.62. The first-order valence-corrected chi connectivity index (χ1v) is 7.63. The number of hydrogen-bond donors (Lipinski definition) is 1. The number of aromatic carboxylic acids is 1. The van der Waals surface area contributed by atoms with Crippen LogP contribution in [0.1, 0.15) is 21.8 Å². The summed E-state index contributed by atoms with van der Waals surface area (Å²) in [4.78, 5) is 18.8. The molecule has 0 bridgehead atoms. The molecule has 0 unspecified atom stereocenters. The second kappa shape index (κ2) is 5.91. The van der Waals surface area contributed by atoms with Gasteiger partial charge in [0.2, 0.25) is 0 Å². The van der Waals surface area contributed by atoms with E-state index < -0.39 is 5.97 Å². The molecule has 0 amide bonds. The van der Waals surface area contributed by atoms with E-state index in [0.29, 0.717) is 28.2 Å². The molecule has 5 nitrogen and oxygen atoms in total. The molecule has 0 aliphatic heterocycles. The maximum absolute atomic E-state index is 11.1. The van der Waals surface area contributed by atoms with Gasteiger partial charge in [-0.15, -0.1) is 0 Å². The van der Waals surface area contributed by atoms with Crippen LogP contribution in [0, 0.1) is 13.5 Å². The van der Waals surface area contributed by atoms with Gasteiger partial charge in [0.15, 0.2) is 0 Å². The fraction of sp³-hybridized carbons (Fsp3) is 0.214. The van der Waals surface area contributed by atoms with Gasteiger partial charge in [-0.1, -0.05) is 0 Å². The van der Waals surface area contributed by atoms with Gasteiger partial charge in [-0.05, 0) is 0 Å². The molecule has 20 heavy (non-hydrogen) atoms. The van der Waals surface area contributed by atoms with E-state index in [9.17, 15) is 4.79 Å². The van der Waals surface area contributed by atoms with Crippen molar-refractivity contribution in [2.45, 2.75) is 13.8 Å². The Bertz CT molecular complexity index is 701. The summed E-state index contributed by atoms with van der Waals surface area (Å²) in [6, 6.07) is 5.26. The summed E-state index contributed by atoms with van der Waals surface area (Å²) in [5.41, 5.74) is 1.75. The molecule has 2 rings (SSSR count). The molecule has 1 aromatic heterocycles. The zero-order chi connectivity index (χ0) is 14.7. The zero-order valence-corrected chi connectivity index (χ0v) is 12.7. The molecule has 0 saturated carbocycles. The third-order valence-corrected chi connectivity index (χ3v) is 5.12.